The maximum atomic E-state index is 11.9. The first-order chi connectivity index (χ1) is 8.97. The number of hydrogen-bond donors (Lipinski definition) is 3. The van der Waals surface area contributed by atoms with Crippen molar-refractivity contribution in [1.29, 1.82) is 0 Å². The van der Waals surface area contributed by atoms with E-state index in [2.05, 4.69) is 10.6 Å². The molecule has 1 heterocycles. The molecule has 20 heavy (non-hydrogen) atoms. The highest BCUT2D eigenvalue weighted by molar-refractivity contribution is 5.97. The van der Waals surface area contributed by atoms with Crippen LogP contribution >= 0.6 is 12.4 Å². The molecule has 0 aliphatic heterocycles. The fraction of sp³-hybridized carbons (Fsp3) is 0.538. The monoisotopic (exact) mass is 303 g/mol. The lowest BCUT2D eigenvalue weighted by molar-refractivity contribution is -0.123. The Balaban J connectivity index is 0.00000361. The molecule has 1 aromatic rings. The molecule has 0 aliphatic rings. The Labute approximate surface area is 124 Å². The molecule has 2 unspecified atom stereocenters. The molecule has 6 nitrogen and oxygen atoms in total. The van der Waals surface area contributed by atoms with Gasteiger partial charge in [0.2, 0.25) is 5.91 Å². The maximum absolute atomic E-state index is 11.9. The van der Waals surface area contributed by atoms with Crippen molar-refractivity contribution < 1.29 is 14.0 Å². The molecule has 0 aromatic carbocycles. The van der Waals surface area contributed by atoms with E-state index in [-0.39, 0.29) is 36.8 Å². The van der Waals surface area contributed by atoms with Crippen LogP contribution in [-0.4, -0.2) is 23.9 Å². The first-order valence-corrected chi connectivity index (χ1v) is 6.36. The average molecular weight is 304 g/mol. The van der Waals surface area contributed by atoms with Gasteiger partial charge in [-0.15, -0.1) is 12.4 Å². The van der Waals surface area contributed by atoms with Crippen LogP contribution in [0.25, 0.3) is 0 Å². The van der Waals surface area contributed by atoms with Crippen molar-refractivity contribution in [1.82, 2.24) is 10.6 Å². The molecule has 114 valence electrons. The van der Waals surface area contributed by atoms with E-state index >= 15 is 0 Å². The van der Waals surface area contributed by atoms with Crippen LogP contribution in [0, 0.1) is 0 Å². The lowest BCUT2D eigenvalue weighted by atomic mass is 10.2. The van der Waals surface area contributed by atoms with Crippen LogP contribution in [0.4, 0.5) is 0 Å². The third-order valence-electron chi connectivity index (χ3n) is 2.86. The van der Waals surface area contributed by atoms with Crippen LogP contribution in [0.15, 0.2) is 16.7 Å². The highest BCUT2D eigenvalue weighted by Gasteiger charge is 2.18. The zero-order valence-corrected chi connectivity index (χ0v) is 12.8. The van der Waals surface area contributed by atoms with Gasteiger partial charge in [-0.2, -0.15) is 0 Å². The summed E-state index contributed by atoms with van der Waals surface area (Å²) in [6.45, 7) is 5.76. The molecule has 0 bridgehead atoms. The van der Waals surface area contributed by atoms with Gasteiger partial charge in [0.15, 0.2) is 0 Å². The van der Waals surface area contributed by atoms with Crippen molar-refractivity contribution >= 4 is 24.2 Å². The second kappa shape index (κ2) is 8.60. The Morgan fingerprint density at radius 2 is 2.00 bits per heavy atom. The van der Waals surface area contributed by atoms with E-state index in [1.807, 2.05) is 13.8 Å². The van der Waals surface area contributed by atoms with Gasteiger partial charge in [0.25, 0.3) is 5.91 Å². The second-order valence-electron chi connectivity index (χ2n) is 4.52. The molecule has 0 spiro atoms. The summed E-state index contributed by atoms with van der Waals surface area (Å²) in [5.41, 5.74) is 5.76. The van der Waals surface area contributed by atoms with Crippen molar-refractivity contribution in [3.8, 4) is 0 Å². The Kier molecular flexibility index (Phi) is 7.94. The number of rotatable bonds is 6. The van der Waals surface area contributed by atoms with Gasteiger partial charge in [0.1, 0.15) is 18.1 Å². The topological polar surface area (TPSA) is 97.4 Å². The summed E-state index contributed by atoms with van der Waals surface area (Å²) in [5.74, 6) is -0.0256. The van der Waals surface area contributed by atoms with Crippen LogP contribution in [0.1, 0.15) is 43.3 Å². The molecule has 2 amide bonds. The van der Waals surface area contributed by atoms with Crippen LogP contribution in [-0.2, 0) is 11.3 Å². The van der Waals surface area contributed by atoms with Crippen molar-refractivity contribution in [3.63, 3.8) is 0 Å². The fourth-order valence-electron chi connectivity index (χ4n) is 1.42. The zero-order chi connectivity index (χ0) is 14.4. The summed E-state index contributed by atoms with van der Waals surface area (Å²) in [6.07, 6.45) is 2.17. The van der Waals surface area contributed by atoms with Crippen molar-refractivity contribution in [2.75, 3.05) is 0 Å². The van der Waals surface area contributed by atoms with Gasteiger partial charge < -0.3 is 20.8 Å². The number of nitrogens with two attached hydrogens (primary N) is 1. The largest absolute Gasteiger partial charge is 0.467 e. The van der Waals surface area contributed by atoms with Gasteiger partial charge in [-0.25, -0.2) is 0 Å². The molecule has 0 aliphatic carbocycles. The molecule has 7 heteroatoms. The van der Waals surface area contributed by atoms with Gasteiger partial charge in [-0.3, -0.25) is 9.59 Å². The number of carbonyl (C=O) groups is 2. The minimum absolute atomic E-state index is 0. The molecule has 4 N–H and O–H groups in total. The van der Waals surface area contributed by atoms with Gasteiger partial charge in [0.05, 0.1) is 12.1 Å². The van der Waals surface area contributed by atoms with Crippen LogP contribution in [0.3, 0.4) is 0 Å². The number of nitrogens with one attached hydrogen (secondary N) is 2. The van der Waals surface area contributed by atoms with Gasteiger partial charge in [0, 0.05) is 6.04 Å². The summed E-state index contributed by atoms with van der Waals surface area (Å²) in [6, 6.07) is 1.05. The SMILES string of the molecule is CCC(C)NC(=O)C(C)NC(=O)c1coc(CN)c1.Cl. The molecule has 0 fully saturated rings. The smallest absolute Gasteiger partial charge is 0.255 e. The van der Waals surface area contributed by atoms with E-state index in [1.165, 1.54) is 6.26 Å². The predicted molar refractivity (Wildman–Crippen MR) is 78.7 cm³/mol. The lowest BCUT2D eigenvalue weighted by Crippen LogP contribution is -2.47. The highest BCUT2D eigenvalue weighted by atomic mass is 35.5. The Hall–Kier alpha value is -1.53. The van der Waals surface area contributed by atoms with Gasteiger partial charge >= 0.3 is 0 Å². The predicted octanol–water partition coefficient (Wildman–Crippen LogP) is 1.19. The Bertz CT molecular complexity index is 448. The summed E-state index contributed by atoms with van der Waals surface area (Å²) in [4.78, 5) is 23.6. The summed E-state index contributed by atoms with van der Waals surface area (Å²) in [7, 11) is 0. The van der Waals surface area contributed by atoms with E-state index in [9.17, 15) is 9.59 Å². The lowest BCUT2D eigenvalue weighted by Gasteiger charge is -2.17. The Morgan fingerprint density at radius 1 is 1.35 bits per heavy atom. The van der Waals surface area contributed by atoms with Crippen molar-refractivity contribution in [2.24, 2.45) is 5.73 Å². The van der Waals surface area contributed by atoms with E-state index in [1.54, 1.807) is 13.0 Å². The average Bonchev–Trinajstić information content (AvgIpc) is 2.87. The molecular weight excluding hydrogens is 282 g/mol. The fourth-order valence-corrected chi connectivity index (χ4v) is 1.42. The molecule has 1 rings (SSSR count). The van der Waals surface area contributed by atoms with Crippen LogP contribution < -0.4 is 16.4 Å². The Morgan fingerprint density at radius 3 is 2.50 bits per heavy atom. The molecule has 2 atom stereocenters. The summed E-state index contributed by atoms with van der Waals surface area (Å²) in [5, 5.41) is 5.42. The molecule has 0 saturated heterocycles. The van der Waals surface area contributed by atoms with Crippen molar-refractivity contribution in [2.45, 2.75) is 45.8 Å². The summed E-state index contributed by atoms with van der Waals surface area (Å²) < 4.78 is 5.07. The number of furan rings is 1. The highest BCUT2D eigenvalue weighted by Crippen LogP contribution is 2.07. The second-order valence-corrected chi connectivity index (χ2v) is 4.52. The van der Waals surface area contributed by atoms with Crippen molar-refractivity contribution in [3.05, 3.63) is 23.7 Å². The molecule has 0 radical (unpaired) electrons. The quantitative estimate of drug-likeness (QED) is 0.735. The number of amides is 2. The third-order valence-corrected chi connectivity index (χ3v) is 2.86. The van der Waals surface area contributed by atoms with E-state index in [4.69, 9.17) is 10.2 Å². The normalized spacial score (nSPS) is 13.0. The summed E-state index contributed by atoms with van der Waals surface area (Å²) >= 11 is 0. The molecule has 0 saturated carbocycles. The first-order valence-electron chi connectivity index (χ1n) is 6.36. The van der Waals surface area contributed by atoms with E-state index in [0.717, 1.165) is 6.42 Å². The van der Waals surface area contributed by atoms with E-state index < -0.39 is 6.04 Å². The number of hydrogen-bond acceptors (Lipinski definition) is 4. The number of halogens is 1. The van der Waals surface area contributed by atoms with Crippen LogP contribution in [0.5, 0.6) is 0 Å². The minimum atomic E-state index is -0.599. The first kappa shape index (κ1) is 18.5. The molecule has 1 aromatic heterocycles. The standard InChI is InChI=1S/C13H21N3O3.ClH/c1-4-8(2)15-12(17)9(3)16-13(18)10-5-11(6-14)19-7-10;/h5,7-9H,4,6,14H2,1-3H3,(H,15,17)(H,16,18);1H. The number of carbonyl (C=O) groups excluding carboxylic acids is 2. The van der Waals surface area contributed by atoms with Gasteiger partial charge in [-0.1, -0.05) is 6.92 Å². The van der Waals surface area contributed by atoms with Crippen LogP contribution in [0.2, 0.25) is 0 Å². The van der Waals surface area contributed by atoms with Gasteiger partial charge in [-0.05, 0) is 26.3 Å². The third kappa shape index (κ3) is 5.22. The minimum Gasteiger partial charge on any atom is -0.467 e. The maximum Gasteiger partial charge on any atom is 0.255 e. The van der Waals surface area contributed by atoms with E-state index in [0.29, 0.717) is 11.3 Å². The molecular formula is C13H22ClN3O3. The zero-order valence-electron chi connectivity index (χ0n) is 11.9.